The van der Waals surface area contributed by atoms with Gasteiger partial charge >= 0.3 is 5.97 Å². The Morgan fingerprint density at radius 1 is 1.20 bits per heavy atom. The van der Waals surface area contributed by atoms with E-state index in [-0.39, 0.29) is 12.3 Å². The van der Waals surface area contributed by atoms with Crippen molar-refractivity contribution in [1.29, 1.82) is 0 Å². The second-order valence-electron chi connectivity index (χ2n) is 5.08. The summed E-state index contributed by atoms with van der Waals surface area (Å²) in [6.45, 7) is 0. The smallest absolute Gasteiger partial charge is 0.328 e. The molecule has 0 aliphatic carbocycles. The number of carbonyl (C=O) groups is 2. The molecule has 0 saturated carbocycles. The fourth-order valence-electron chi connectivity index (χ4n) is 2.25. The third-order valence-electron chi connectivity index (χ3n) is 3.38. The van der Waals surface area contributed by atoms with Gasteiger partial charge < -0.3 is 14.8 Å². The maximum Gasteiger partial charge on any atom is 0.328 e. The van der Waals surface area contributed by atoms with E-state index < -0.39 is 12.0 Å². The minimum atomic E-state index is -0.867. The molecule has 0 fully saturated rings. The van der Waals surface area contributed by atoms with Crippen LogP contribution in [-0.4, -0.2) is 37.1 Å². The number of carbonyl (C=O) groups excluding carboxylic acids is 2. The van der Waals surface area contributed by atoms with Crippen LogP contribution in [0.1, 0.15) is 15.9 Å². The van der Waals surface area contributed by atoms with Crippen LogP contribution in [-0.2, 0) is 16.0 Å². The molecule has 0 bridgehead atoms. The molecule has 25 heavy (non-hydrogen) atoms. The molecule has 1 atom stereocenters. The van der Waals surface area contributed by atoms with E-state index in [2.05, 4.69) is 42.2 Å². The van der Waals surface area contributed by atoms with Gasteiger partial charge in [-0.25, -0.2) is 9.78 Å². The molecule has 1 N–H and O–H groups in total. The summed E-state index contributed by atoms with van der Waals surface area (Å²) in [5, 5.41) is 2.70. The third-order valence-corrected chi connectivity index (χ3v) is 4.30. The fourth-order valence-corrected chi connectivity index (χ4v) is 3.54. The molecule has 0 aliphatic heterocycles. The lowest BCUT2D eigenvalue weighted by molar-refractivity contribution is -0.142. The summed E-state index contributed by atoms with van der Waals surface area (Å²) in [5.74, 6) is -0.538. The number of nitrogens with one attached hydrogen (secondary N) is 1. The molecule has 1 amide bonds. The fraction of sp³-hybridized carbons (Fsp3) is 0.235. The van der Waals surface area contributed by atoms with Crippen LogP contribution in [0.2, 0.25) is 0 Å². The van der Waals surface area contributed by atoms with Gasteiger partial charge in [-0.15, -0.1) is 0 Å². The highest BCUT2D eigenvalue weighted by Crippen LogP contribution is 2.21. The van der Waals surface area contributed by atoms with Crippen LogP contribution in [0.4, 0.5) is 0 Å². The maximum atomic E-state index is 12.5. The molecule has 0 spiro atoms. The van der Waals surface area contributed by atoms with Crippen molar-refractivity contribution in [1.82, 2.24) is 10.3 Å². The largest absolute Gasteiger partial charge is 0.481 e. The van der Waals surface area contributed by atoms with Crippen molar-refractivity contribution in [2.75, 3.05) is 14.2 Å². The Bertz CT molecular complexity index is 763. The molecule has 8 heteroatoms. The highest BCUT2D eigenvalue weighted by molar-refractivity contribution is 9.11. The average molecular weight is 472 g/mol. The summed E-state index contributed by atoms with van der Waals surface area (Å²) in [5.41, 5.74) is 1.10. The van der Waals surface area contributed by atoms with Crippen LogP contribution < -0.4 is 10.1 Å². The van der Waals surface area contributed by atoms with Crippen LogP contribution in [0.5, 0.6) is 5.88 Å². The number of halogens is 2. The van der Waals surface area contributed by atoms with Gasteiger partial charge in [0.05, 0.1) is 14.2 Å². The Hall–Kier alpha value is -1.93. The zero-order valence-corrected chi connectivity index (χ0v) is 16.8. The highest BCUT2D eigenvalue weighted by Gasteiger charge is 2.24. The van der Waals surface area contributed by atoms with Crippen LogP contribution in [0.25, 0.3) is 0 Å². The van der Waals surface area contributed by atoms with Gasteiger partial charge in [0.25, 0.3) is 5.91 Å². The maximum absolute atomic E-state index is 12.5. The number of hydrogen-bond acceptors (Lipinski definition) is 5. The molecular formula is C17H16Br2N2O4. The van der Waals surface area contributed by atoms with E-state index in [4.69, 9.17) is 9.47 Å². The van der Waals surface area contributed by atoms with Crippen LogP contribution >= 0.6 is 31.9 Å². The summed E-state index contributed by atoms with van der Waals surface area (Å²) in [7, 11) is 2.77. The van der Waals surface area contributed by atoms with Crippen molar-refractivity contribution >= 4 is 43.7 Å². The predicted molar refractivity (Wildman–Crippen MR) is 99.6 cm³/mol. The summed E-state index contributed by atoms with van der Waals surface area (Å²) in [4.78, 5) is 28.7. The topological polar surface area (TPSA) is 77.5 Å². The first-order chi connectivity index (χ1) is 11.9. The summed E-state index contributed by atoms with van der Waals surface area (Å²) in [6.07, 6.45) is 1.79. The number of aromatic nitrogens is 1. The van der Waals surface area contributed by atoms with E-state index in [1.54, 1.807) is 30.5 Å². The number of nitrogens with zero attached hydrogens (tertiary/aromatic N) is 1. The van der Waals surface area contributed by atoms with Crippen LogP contribution in [0.3, 0.4) is 0 Å². The van der Waals surface area contributed by atoms with Crippen molar-refractivity contribution in [2.24, 2.45) is 0 Å². The van der Waals surface area contributed by atoms with E-state index in [1.165, 1.54) is 14.2 Å². The van der Waals surface area contributed by atoms with Crippen molar-refractivity contribution in [2.45, 2.75) is 12.5 Å². The van der Waals surface area contributed by atoms with Gasteiger partial charge in [0.1, 0.15) is 6.04 Å². The summed E-state index contributed by atoms with van der Waals surface area (Å²) >= 11 is 6.67. The molecule has 2 rings (SSSR count). The molecule has 0 radical (unpaired) electrons. The molecule has 6 nitrogen and oxygen atoms in total. The zero-order valence-electron chi connectivity index (χ0n) is 13.6. The molecule has 1 heterocycles. The highest BCUT2D eigenvalue weighted by atomic mass is 79.9. The zero-order chi connectivity index (χ0) is 18.4. The first-order valence-electron chi connectivity index (χ1n) is 7.27. The van der Waals surface area contributed by atoms with Crippen molar-refractivity contribution in [3.05, 3.63) is 56.6 Å². The number of pyridine rings is 1. The molecule has 0 aliphatic rings. The number of benzene rings is 1. The predicted octanol–water partition coefficient (Wildman–Crippen LogP) is 3.13. The normalized spacial score (nSPS) is 11.5. The van der Waals surface area contributed by atoms with Gasteiger partial charge in [0.15, 0.2) is 0 Å². The van der Waals surface area contributed by atoms with E-state index >= 15 is 0 Å². The number of amides is 1. The van der Waals surface area contributed by atoms with E-state index in [1.807, 2.05) is 6.07 Å². The van der Waals surface area contributed by atoms with Gasteiger partial charge in [-0.1, -0.05) is 37.9 Å². The second-order valence-corrected chi connectivity index (χ2v) is 6.91. The minimum Gasteiger partial charge on any atom is -0.481 e. The number of ether oxygens (including phenoxy) is 2. The van der Waals surface area contributed by atoms with Gasteiger partial charge in [0, 0.05) is 32.7 Å². The molecular weight excluding hydrogens is 456 g/mol. The average Bonchev–Trinajstić information content (AvgIpc) is 2.60. The number of hydrogen-bond donors (Lipinski definition) is 1. The number of rotatable bonds is 6. The minimum absolute atomic E-state index is 0.199. The quantitative estimate of drug-likeness (QED) is 0.655. The molecule has 1 aromatic heterocycles. The lowest BCUT2D eigenvalue weighted by Gasteiger charge is -2.18. The molecule has 132 valence electrons. The molecule has 2 aromatic rings. The number of esters is 1. The van der Waals surface area contributed by atoms with Gasteiger partial charge in [-0.3, -0.25) is 4.79 Å². The molecule has 0 saturated heterocycles. The summed E-state index contributed by atoms with van der Waals surface area (Å²) in [6, 6.07) is 7.80. The van der Waals surface area contributed by atoms with Gasteiger partial charge in [-0.05, 0) is 24.3 Å². The SMILES string of the molecule is COC(=O)[C@H](Cc1cccnc1OC)NC(=O)c1cc(Br)cc(Br)c1. The summed E-state index contributed by atoms with van der Waals surface area (Å²) < 4.78 is 11.5. The Morgan fingerprint density at radius 2 is 1.88 bits per heavy atom. The third kappa shape index (κ3) is 5.27. The second kappa shape index (κ2) is 8.96. The standard InChI is InChI=1S/C17H16Br2N2O4/c1-24-16-10(4-3-5-20-16)8-14(17(23)25-2)21-15(22)11-6-12(18)9-13(19)7-11/h3-7,9,14H,8H2,1-2H3,(H,21,22)/t14-/m0/s1. The Morgan fingerprint density at radius 3 is 2.48 bits per heavy atom. The van der Waals surface area contributed by atoms with E-state index in [9.17, 15) is 9.59 Å². The Kier molecular flexibility index (Phi) is 6.95. The first-order valence-corrected chi connectivity index (χ1v) is 8.86. The molecule has 0 unspecified atom stereocenters. The monoisotopic (exact) mass is 470 g/mol. The van der Waals surface area contributed by atoms with Gasteiger partial charge in [0.2, 0.25) is 5.88 Å². The molecule has 1 aromatic carbocycles. The van der Waals surface area contributed by atoms with Crippen molar-refractivity contribution < 1.29 is 19.1 Å². The van der Waals surface area contributed by atoms with Crippen LogP contribution in [0, 0.1) is 0 Å². The lowest BCUT2D eigenvalue weighted by atomic mass is 10.1. The first kappa shape index (κ1) is 19.4. The van der Waals surface area contributed by atoms with Crippen molar-refractivity contribution in [3.63, 3.8) is 0 Å². The Balaban J connectivity index is 2.23. The van der Waals surface area contributed by atoms with Gasteiger partial charge in [-0.2, -0.15) is 0 Å². The Labute approximate surface area is 162 Å². The van der Waals surface area contributed by atoms with E-state index in [0.717, 1.165) is 8.95 Å². The van der Waals surface area contributed by atoms with Crippen molar-refractivity contribution in [3.8, 4) is 5.88 Å². The van der Waals surface area contributed by atoms with Crippen LogP contribution in [0.15, 0.2) is 45.5 Å². The lowest BCUT2D eigenvalue weighted by Crippen LogP contribution is -2.43. The van der Waals surface area contributed by atoms with E-state index in [0.29, 0.717) is 17.0 Å². The number of methoxy groups -OCH3 is 2.